The molecular weight excluding hydrogens is 388 g/mol. The fourth-order valence-corrected chi connectivity index (χ4v) is 5.82. The number of para-hydroxylation sites is 1. The molecule has 1 aromatic carbocycles. The van der Waals surface area contributed by atoms with Crippen molar-refractivity contribution in [3.05, 3.63) is 35.4 Å². The first-order chi connectivity index (χ1) is 14.4. The van der Waals surface area contributed by atoms with Gasteiger partial charge in [0.2, 0.25) is 23.6 Å². The Morgan fingerprint density at radius 2 is 1.67 bits per heavy atom. The highest BCUT2D eigenvalue weighted by Gasteiger charge is 2.59. The minimum absolute atomic E-state index is 0.0640. The molecule has 4 aliphatic rings. The van der Waals surface area contributed by atoms with E-state index in [1.54, 1.807) is 25.1 Å². The Hall–Kier alpha value is -3.16. The Morgan fingerprint density at radius 1 is 0.967 bits per heavy atom. The van der Waals surface area contributed by atoms with E-state index in [4.69, 9.17) is 4.74 Å². The van der Waals surface area contributed by atoms with Crippen LogP contribution in [0.15, 0.2) is 29.8 Å². The van der Waals surface area contributed by atoms with Gasteiger partial charge in [0.1, 0.15) is 0 Å². The van der Waals surface area contributed by atoms with Crippen LogP contribution in [-0.2, 0) is 19.2 Å². The van der Waals surface area contributed by atoms with Crippen molar-refractivity contribution in [2.24, 2.45) is 29.6 Å². The van der Waals surface area contributed by atoms with Crippen LogP contribution in [0.25, 0.3) is 0 Å². The first-order valence-electron chi connectivity index (χ1n) is 10.3. The number of phenols is 1. The number of carbonyl (C=O) groups excluding carboxylic acids is 4. The normalized spacial score (nSPS) is 34.5. The highest BCUT2D eigenvalue weighted by Crippen LogP contribution is 2.57. The molecule has 1 saturated carbocycles. The lowest BCUT2D eigenvalue weighted by Crippen LogP contribution is -2.42. The lowest BCUT2D eigenvalue weighted by molar-refractivity contribution is -0.128. The average molecular weight is 410 g/mol. The molecule has 8 nitrogen and oxygen atoms in total. The zero-order chi connectivity index (χ0) is 21.2. The van der Waals surface area contributed by atoms with Crippen molar-refractivity contribution in [2.75, 3.05) is 6.61 Å². The van der Waals surface area contributed by atoms with E-state index >= 15 is 0 Å². The highest BCUT2D eigenvalue weighted by atomic mass is 16.5. The summed E-state index contributed by atoms with van der Waals surface area (Å²) in [5, 5.41) is 15.8. The first kappa shape index (κ1) is 18.8. The van der Waals surface area contributed by atoms with Crippen LogP contribution in [0.3, 0.4) is 0 Å². The predicted molar refractivity (Wildman–Crippen MR) is 103 cm³/mol. The molecule has 5 rings (SSSR count). The molecule has 6 atom stereocenters. The molecule has 3 fully saturated rings. The third kappa shape index (κ3) is 2.52. The number of aromatic hydroxyl groups is 1. The number of allylic oxidation sites excluding steroid dienone is 2. The van der Waals surface area contributed by atoms with Gasteiger partial charge in [-0.1, -0.05) is 23.8 Å². The molecule has 2 heterocycles. The van der Waals surface area contributed by atoms with Crippen LogP contribution in [0.1, 0.15) is 31.2 Å². The summed E-state index contributed by atoms with van der Waals surface area (Å²) in [6, 6.07) is 5.12. The molecule has 0 aromatic heterocycles. The number of carbonyl (C=O) groups is 4. The van der Waals surface area contributed by atoms with Crippen LogP contribution in [-0.4, -0.2) is 35.3 Å². The minimum Gasteiger partial charge on any atom is -0.504 e. The molecule has 0 radical (unpaired) electrons. The van der Waals surface area contributed by atoms with Crippen LogP contribution < -0.4 is 15.4 Å². The second-order valence-corrected chi connectivity index (χ2v) is 8.36. The van der Waals surface area contributed by atoms with Crippen LogP contribution in [0.5, 0.6) is 11.5 Å². The van der Waals surface area contributed by atoms with Crippen molar-refractivity contribution < 1.29 is 29.0 Å². The maximum absolute atomic E-state index is 12.7. The van der Waals surface area contributed by atoms with E-state index in [-0.39, 0.29) is 35.3 Å². The summed E-state index contributed by atoms with van der Waals surface area (Å²) in [4.78, 5) is 50.1. The zero-order valence-electron chi connectivity index (χ0n) is 16.4. The summed E-state index contributed by atoms with van der Waals surface area (Å²) in [5.74, 6) is -4.28. The lowest BCUT2D eigenvalue weighted by Gasteiger charge is -2.44. The number of benzene rings is 1. The van der Waals surface area contributed by atoms with E-state index < -0.39 is 29.6 Å². The Kier molecular flexibility index (Phi) is 4.20. The molecule has 2 saturated heterocycles. The summed E-state index contributed by atoms with van der Waals surface area (Å²) in [5.41, 5.74) is 1.34. The van der Waals surface area contributed by atoms with E-state index in [1.165, 1.54) is 0 Å². The fraction of sp³-hybridized carbons (Fsp3) is 0.455. The molecular formula is C22H22N2O6. The van der Waals surface area contributed by atoms with Crippen molar-refractivity contribution in [3.8, 4) is 11.5 Å². The summed E-state index contributed by atoms with van der Waals surface area (Å²) in [6.07, 6.45) is 2.65. The average Bonchev–Trinajstić information content (AvgIpc) is 3.17. The van der Waals surface area contributed by atoms with Gasteiger partial charge in [0.15, 0.2) is 11.5 Å². The fourth-order valence-electron chi connectivity index (χ4n) is 5.82. The van der Waals surface area contributed by atoms with Gasteiger partial charge in [0, 0.05) is 11.5 Å². The summed E-state index contributed by atoms with van der Waals surface area (Å²) in [6.45, 7) is 2.17. The van der Waals surface area contributed by atoms with Crippen molar-refractivity contribution in [1.29, 1.82) is 0 Å². The summed E-state index contributed by atoms with van der Waals surface area (Å²) < 4.78 is 5.52. The van der Waals surface area contributed by atoms with Crippen LogP contribution in [0.2, 0.25) is 0 Å². The molecule has 0 spiro atoms. The minimum atomic E-state index is -0.667. The third-order valence-electron chi connectivity index (χ3n) is 7.00. The second kappa shape index (κ2) is 6.68. The highest BCUT2D eigenvalue weighted by molar-refractivity contribution is 6.07. The number of nitrogens with one attached hydrogen (secondary N) is 2. The Labute approximate surface area is 172 Å². The standard InChI is InChI=1S/C22H22N2O6/c1-2-30-14-5-3-4-10(18(14)25)15-9-6-7-11-16(21(28)23-19(11)26)12(9)8-13-17(15)22(29)24-20(13)27/h3-6,11-13,15-17,25H,2,7-8H2,1H3,(H,23,26,28)(H,24,27,29). The van der Waals surface area contributed by atoms with E-state index in [2.05, 4.69) is 10.6 Å². The van der Waals surface area contributed by atoms with Gasteiger partial charge in [-0.05, 0) is 31.7 Å². The second-order valence-electron chi connectivity index (χ2n) is 8.36. The molecule has 1 aromatic rings. The van der Waals surface area contributed by atoms with Gasteiger partial charge in [-0.2, -0.15) is 0 Å². The maximum Gasteiger partial charge on any atom is 0.231 e. The van der Waals surface area contributed by atoms with Gasteiger partial charge in [0.05, 0.1) is 30.3 Å². The Morgan fingerprint density at radius 3 is 2.40 bits per heavy atom. The van der Waals surface area contributed by atoms with Gasteiger partial charge >= 0.3 is 0 Å². The topological polar surface area (TPSA) is 122 Å². The number of fused-ring (bicyclic) bond motifs is 4. The van der Waals surface area contributed by atoms with Gasteiger partial charge in [-0.3, -0.25) is 29.8 Å². The molecule has 30 heavy (non-hydrogen) atoms. The van der Waals surface area contributed by atoms with E-state index in [9.17, 15) is 24.3 Å². The lowest BCUT2D eigenvalue weighted by atomic mass is 9.57. The number of ether oxygens (including phenoxy) is 1. The van der Waals surface area contributed by atoms with Crippen LogP contribution >= 0.6 is 0 Å². The number of rotatable bonds is 3. The van der Waals surface area contributed by atoms with Gasteiger partial charge in [-0.15, -0.1) is 0 Å². The zero-order valence-corrected chi connectivity index (χ0v) is 16.4. The molecule has 8 heteroatoms. The van der Waals surface area contributed by atoms with Crippen LogP contribution in [0.4, 0.5) is 0 Å². The first-order valence-corrected chi connectivity index (χ1v) is 10.3. The number of imide groups is 2. The maximum atomic E-state index is 12.7. The SMILES string of the molecule is CCOc1cccc(C2C3=CCC4C(=O)NC(=O)C4C3CC3C(=O)NC(=O)C32)c1O. The van der Waals surface area contributed by atoms with Gasteiger partial charge < -0.3 is 9.84 Å². The van der Waals surface area contributed by atoms with Crippen molar-refractivity contribution in [1.82, 2.24) is 10.6 Å². The Balaban J connectivity index is 1.66. The monoisotopic (exact) mass is 410 g/mol. The molecule has 3 N–H and O–H groups in total. The van der Waals surface area contributed by atoms with E-state index in [1.807, 2.05) is 6.08 Å². The molecule has 4 amide bonds. The molecule has 6 unspecified atom stereocenters. The number of hydrogen-bond acceptors (Lipinski definition) is 6. The molecule has 0 bridgehead atoms. The molecule has 2 aliphatic carbocycles. The van der Waals surface area contributed by atoms with Crippen molar-refractivity contribution >= 4 is 23.6 Å². The van der Waals surface area contributed by atoms with E-state index in [0.717, 1.165) is 5.57 Å². The predicted octanol–water partition coefficient (Wildman–Crippen LogP) is 1.00. The van der Waals surface area contributed by atoms with Crippen molar-refractivity contribution in [2.45, 2.75) is 25.7 Å². The largest absolute Gasteiger partial charge is 0.504 e. The molecule has 2 aliphatic heterocycles. The van der Waals surface area contributed by atoms with Crippen molar-refractivity contribution in [3.63, 3.8) is 0 Å². The van der Waals surface area contributed by atoms with Gasteiger partial charge in [0.25, 0.3) is 0 Å². The summed E-state index contributed by atoms with van der Waals surface area (Å²) >= 11 is 0. The van der Waals surface area contributed by atoms with Gasteiger partial charge in [-0.25, -0.2) is 0 Å². The number of phenolic OH excluding ortho intramolecular Hbond substituents is 1. The van der Waals surface area contributed by atoms with E-state index in [0.29, 0.717) is 30.8 Å². The summed E-state index contributed by atoms with van der Waals surface area (Å²) in [7, 11) is 0. The third-order valence-corrected chi connectivity index (χ3v) is 7.00. The molecule has 156 valence electrons. The smallest absolute Gasteiger partial charge is 0.231 e. The number of hydrogen-bond donors (Lipinski definition) is 3. The number of amides is 4. The Bertz CT molecular complexity index is 1010. The van der Waals surface area contributed by atoms with Crippen LogP contribution in [0, 0.1) is 29.6 Å². The quantitative estimate of drug-likeness (QED) is 0.505.